The summed E-state index contributed by atoms with van der Waals surface area (Å²) in [5, 5.41) is 6.62. The molecule has 2 amide bonds. The number of carbonyl (C=O) groups is 2. The van der Waals surface area contributed by atoms with Gasteiger partial charge in [-0.3, -0.25) is 9.59 Å². The molecule has 0 radical (unpaired) electrons. The van der Waals surface area contributed by atoms with Gasteiger partial charge in [0.15, 0.2) is 5.69 Å². The minimum atomic E-state index is -4.70. The van der Waals surface area contributed by atoms with Gasteiger partial charge in [-0.1, -0.05) is 26.8 Å². The van der Waals surface area contributed by atoms with E-state index in [1.165, 1.54) is 29.0 Å². The van der Waals surface area contributed by atoms with Crippen molar-refractivity contribution >= 4 is 17.5 Å². The van der Waals surface area contributed by atoms with E-state index in [1.54, 1.807) is 51.1 Å². The van der Waals surface area contributed by atoms with Crippen LogP contribution in [0.15, 0.2) is 42.6 Å². The molecule has 0 saturated heterocycles. The van der Waals surface area contributed by atoms with Crippen molar-refractivity contribution in [3.8, 4) is 11.6 Å². The lowest BCUT2D eigenvalue weighted by Crippen LogP contribution is -2.42. The number of hydrogen-bond donors (Lipinski definition) is 1. The van der Waals surface area contributed by atoms with Gasteiger partial charge < -0.3 is 15.0 Å². The van der Waals surface area contributed by atoms with Crippen molar-refractivity contribution in [1.29, 1.82) is 0 Å². The fourth-order valence-electron chi connectivity index (χ4n) is 4.09. The van der Waals surface area contributed by atoms with E-state index in [4.69, 9.17) is 4.74 Å². The highest BCUT2D eigenvalue weighted by atomic mass is 19.4. The molecule has 190 valence electrons. The Bertz CT molecular complexity index is 1310. The molecule has 2 aromatic heterocycles. The van der Waals surface area contributed by atoms with Gasteiger partial charge >= 0.3 is 6.18 Å². The molecular weight excluding hydrogens is 475 g/mol. The first kappa shape index (κ1) is 25.2. The number of fused-ring (bicyclic) bond motifs is 1. The molecule has 0 atom stereocenters. The number of nitrogens with zero attached hydrogens (tertiary/aromatic N) is 4. The Morgan fingerprint density at radius 2 is 1.86 bits per heavy atom. The Morgan fingerprint density at radius 3 is 2.53 bits per heavy atom. The maximum atomic E-state index is 13.9. The molecule has 0 saturated carbocycles. The number of pyridine rings is 1. The maximum absolute atomic E-state index is 13.9. The first-order chi connectivity index (χ1) is 16.9. The number of anilines is 1. The van der Waals surface area contributed by atoms with E-state index in [2.05, 4.69) is 15.4 Å². The Labute approximate surface area is 206 Å². The number of alkyl halides is 3. The quantitative estimate of drug-likeness (QED) is 0.570. The van der Waals surface area contributed by atoms with Crippen LogP contribution in [-0.4, -0.2) is 45.1 Å². The minimum Gasteiger partial charge on any atom is -0.481 e. The van der Waals surface area contributed by atoms with Gasteiger partial charge in [0, 0.05) is 54.0 Å². The molecular formula is C25H26F3N5O3. The molecule has 0 fully saturated rings. The predicted octanol–water partition coefficient (Wildman–Crippen LogP) is 4.48. The summed E-state index contributed by atoms with van der Waals surface area (Å²) in [7, 11) is 1.45. The Hall–Kier alpha value is -3.89. The molecule has 8 nitrogen and oxygen atoms in total. The standard InChI is InChI=1S/C25H26F3N5O3/c1-24(2,3)23(35)32-11-9-19-18(14-32)21(25(26,27)28)31-33(19)17-7-5-6-15(12-17)22(34)30-16-8-10-29-20(13-16)36-4/h5-8,10,12-13H,9,11,14H2,1-4H3,(H,29,30,34). The van der Waals surface area contributed by atoms with Gasteiger partial charge in [0.25, 0.3) is 5.91 Å². The molecule has 1 aromatic carbocycles. The van der Waals surface area contributed by atoms with Gasteiger partial charge in [-0.15, -0.1) is 0 Å². The highest BCUT2D eigenvalue weighted by molar-refractivity contribution is 6.04. The third kappa shape index (κ3) is 5.05. The minimum absolute atomic E-state index is 0.0231. The van der Waals surface area contributed by atoms with Crippen LogP contribution in [0.4, 0.5) is 18.9 Å². The van der Waals surface area contributed by atoms with E-state index < -0.39 is 23.2 Å². The zero-order valence-electron chi connectivity index (χ0n) is 20.3. The van der Waals surface area contributed by atoms with Crippen molar-refractivity contribution in [3.05, 3.63) is 65.1 Å². The van der Waals surface area contributed by atoms with E-state index in [0.717, 1.165) is 0 Å². The Balaban J connectivity index is 1.68. The van der Waals surface area contributed by atoms with Gasteiger partial charge in [-0.25, -0.2) is 9.67 Å². The Morgan fingerprint density at radius 1 is 1.11 bits per heavy atom. The van der Waals surface area contributed by atoms with Gasteiger partial charge in [0.05, 0.1) is 18.5 Å². The van der Waals surface area contributed by atoms with Crippen LogP contribution in [0, 0.1) is 5.41 Å². The Kier molecular flexibility index (Phi) is 6.50. The highest BCUT2D eigenvalue weighted by Crippen LogP contribution is 2.37. The van der Waals surface area contributed by atoms with E-state index in [0.29, 0.717) is 22.9 Å². The lowest BCUT2D eigenvalue weighted by molar-refractivity contribution is -0.145. The van der Waals surface area contributed by atoms with Crippen LogP contribution in [0.5, 0.6) is 5.88 Å². The van der Waals surface area contributed by atoms with Crippen molar-refractivity contribution in [2.24, 2.45) is 5.41 Å². The number of benzene rings is 1. The summed E-state index contributed by atoms with van der Waals surface area (Å²) in [5.74, 6) is -0.354. The lowest BCUT2D eigenvalue weighted by atomic mass is 9.93. The summed E-state index contributed by atoms with van der Waals surface area (Å²) in [6, 6.07) is 9.35. The summed E-state index contributed by atoms with van der Waals surface area (Å²) in [4.78, 5) is 31.0. The second-order valence-corrected chi connectivity index (χ2v) is 9.50. The molecule has 3 aromatic rings. The van der Waals surface area contributed by atoms with Crippen LogP contribution in [-0.2, 0) is 23.9 Å². The maximum Gasteiger partial charge on any atom is 0.435 e. The number of rotatable bonds is 4. The summed E-state index contributed by atoms with van der Waals surface area (Å²) < 4.78 is 48.0. The highest BCUT2D eigenvalue weighted by Gasteiger charge is 2.42. The molecule has 36 heavy (non-hydrogen) atoms. The number of halogens is 3. The monoisotopic (exact) mass is 501 g/mol. The number of methoxy groups -OCH3 is 1. The van der Waals surface area contributed by atoms with Crippen LogP contribution >= 0.6 is 0 Å². The van der Waals surface area contributed by atoms with E-state index in [1.807, 2.05) is 0 Å². The second-order valence-electron chi connectivity index (χ2n) is 9.50. The predicted molar refractivity (Wildman–Crippen MR) is 126 cm³/mol. The van der Waals surface area contributed by atoms with Crippen LogP contribution in [0.2, 0.25) is 0 Å². The molecule has 1 N–H and O–H groups in total. The van der Waals surface area contributed by atoms with Crippen LogP contribution in [0.25, 0.3) is 5.69 Å². The third-order valence-electron chi connectivity index (χ3n) is 5.81. The molecule has 1 aliphatic rings. The van der Waals surface area contributed by atoms with E-state index in [9.17, 15) is 22.8 Å². The largest absolute Gasteiger partial charge is 0.481 e. The summed E-state index contributed by atoms with van der Waals surface area (Å²) >= 11 is 0. The molecule has 11 heteroatoms. The smallest absolute Gasteiger partial charge is 0.435 e. The SMILES string of the molecule is COc1cc(NC(=O)c2cccc(-n3nc(C(F)(F)F)c4c3CCN(C(=O)C(C)(C)C)C4)c2)ccn1. The lowest BCUT2D eigenvalue weighted by Gasteiger charge is -2.33. The first-order valence-corrected chi connectivity index (χ1v) is 11.3. The fourth-order valence-corrected chi connectivity index (χ4v) is 4.09. The normalized spacial score (nSPS) is 13.8. The molecule has 4 rings (SSSR count). The van der Waals surface area contributed by atoms with Gasteiger partial charge in [-0.05, 0) is 24.3 Å². The number of amides is 2. The van der Waals surface area contributed by atoms with Crippen molar-refractivity contribution < 1.29 is 27.5 Å². The van der Waals surface area contributed by atoms with Gasteiger partial charge in [0.1, 0.15) is 0 Å². The number of ether oxygens (including phenoxy) is 1. The van der Waals surface area contributed by atoms with Crippen LogP contribution in [0.1, 0.15) is 48.1 Å². The van der Waals surface area contributed by atoms with Crippen molar-refractivity contribution in [2.45, 2.75) is 39.9 Å². The van der Waals surface area contributed by atoms with Crippen molar-refractivity contribution in [2.75, 3.05) is 19.0 Å². The van der Waals surface area contributed by atoms with Gasteiger partial charge in [0.2, 0.25) is 11.8 Å². The summed E-state index contributed by atoms with van der Waals surface area (Å²) in [6.45, 7) is 5.30. The summed E-state index contributed by atoms with van der Waals surface area (Å²) in [5.41, 5.74) is -0.383. The molecule has 0 spiro atoms. The molecule has 0 bridgehead atoms. The molecule has 3 heterocycles. The van der Waals surface area contributed by atoms with E-state index in [-0.39, 0.29) is 36.5 Å². The number of nitrogens with one attached hydrogen (secondary N) is 1. The van der Waals surface area contributed by atoms with Crippen LogP contribution < -0.4 is 10.1 Å². The fraction of sp³-hybridized carbons (Fsp3) is 0.360. The van der Waals surface area contributed by atoms with Gasteiger partial charge in [-0.2, -0.15) is 18.3 Å². The van der Waals surface area contributed by atoms with Crippen LogP contribution in [0.3, 0.4) is 0 Å². The number of carbonyl (C=O) groups excluding carboxylic acids is 2. The zero-order chi connectivity index (χ0) is 26.3. The second kappa shape index (κ2) is 9.29. The first-order valence-electron chi connectivity index (χ1n) is 11.3. The summed E-state index contributed by atoms with van der Waals surface area (Å²) in [6.07, 6.45) is -3.01. The average Bonchev–Trinajstić information content (AvgIpc) is 3.22. The number of hydrogen-bond acceptors (Lipinski definition) is 5. The average molecular weight is 502 g/mol. The molecule has 0 aliphatic carbocycles. The number of aromatic nitrogens is 3. The third-order valence-corrected chi connectivity index (χ3v) is 5.81. The van der Waals surface area contributed by atoms with Crippen molar-refractivity contribution in [3.63, 3.8) is 0 Å². The topological polar surface area (TPSA) is 89.4 Å². The zero-order valence-corrected chi connectivity index (χ0v) is 20.3. The molecule has 1 aliphatic heterocycles. The molecule has 0 unspecified atom stereocenters. The van der Waals surface area contributed by atoms with E-state index >= 15 is 0 Å². The van der Waals surface area contributed by atoms with Crippen molar-refractivity contribution in [1.82, 2.24) is 19.7 Å².